The molecule has 64 heavy (non-hydrogen) atoms. The zero-order valence-corrected chi connectivity index (χ0v) is 35.0. The molecule has 0 atom stereocenters. The minimum atomic E-state index is 0.865. The summed E-state index contributed by atoms with van der Waals surface area (Å²) in [6.07, 6.45) is 0. The summed E-state index contributed by atoms with van der Waals surface area (Å²) in [6.45, 7) is 0. The van der Waals surface area contributed by atoms with Crippen LogP contribution in [0.25, 0.3) is 99.1 Å². The van der Waals surface area contributed by atoms with E-state index in [-0.39, 0.29) is 0 Å². The molecule has 0 amide bonds. The van der Waals surface area contributed by atoms with Crippen LogP contribution in [-0.2, 0) is 0 Å². The fourth-order valence-electron chi connectivity index (χ4n) is 9.61. The molecule has 0 saturated carbocycles. The molecule has 0 saturated heterocycles. The Morgan fingerprint density at radius 1 is 0.281 bits per heavy atom. The monoisotopic (exact) mass is 815 g/mol. The van der Waals surface area contributed by atoms with E-state index in [0.29, 0.717) is 0 Å². The number of fused-ring (bicyclic) bond motifs is 5. The molecule has 0 unspecified atom stereocenters. The van der Waals surface area contributed by atoms with E-state index in [0.717, 1.165) is 55.7 Å². The van der Waals surface area contributed by atoms with Crippen LogP contribution in [0, 0.1) is 0 Å². The first kappa shape index (κ1) is 37.3. The van der Waals surface area contributed by atoms with Crippen LogP contribution in [0.5, 0.6) is 0 Å². The van der Waals surface area contributed by atoms with Gasteiger partial charge in [-0.3, -0.25) is 0 Å². The second-order valence-electron chi connectivity index (χ2n) is 16.4. The zero-order chi connectivity index (χ0) is 42.4. The van der Waals surface area contributed by atoms with E-state index < -0.39 is 0 Å². The number of anilines is 3. The van der Waals surface area contributed by atoms with Crippen molar-refractivity contribution in [2.45, 2.75) is 0 Å². The van der Waals surface area contributed by atoms with E-state index >= 15 is 0 Å². The average Bonchev–Trinajstić information content (AvgIpc) is 3.77. The van der Waals surface area contributed by atoms with Crippen molar-refractivity contribution in [3.8, 4) is 55.6 Å². The van der Waals surface area contributed by atoms with Crippen LogP contribution in [0.2, 0.25) is 0 Å². The van der Waals surface area contributed by atoms with Crippen molar-refractivity contribution in [3.63, 3.8) is 0 Å². The lowest BCUT2D eigenvalue weighted by Crippen LogP contribution is -2.10. The summed E-state index contributed by atoms with van der Waals surface area (Å²) >= 11 is 0. The maximum Gasteiger partial charge on any atom is 0.145 e. The quantitative estimate of drug-likeness (QED) is 0.152. The van der Waals surface area contributed by atoms with Crippen LogP contribution in [0.1, 0.15) is 0 Å². The number of para-hydroxylation sites is 1. The fourth-order valence-corrected chi connectivity index (χ4v) is 9.61. The normalized spacial score (nSPS) is 11.4. The van der Waals surface area contributed by atoms with Gasteiger partial charge in [0.1, 0.15) is 11.2 Å². The van der Waals surface area contributed by atoms with Crippen molar-refractivity contribution >= 4 is 60.5 Å². The first-order valence-electron chi connectivity index (χ1n) is 21.9. The van der Waals surface area contributed by atoms with Crippen molar-refractivity contribution in [2.75, 3.05) is 4.90 Å². The molecule has 12 aromatic rings. The smallest absolute Gasteiger partial charge is 0.145 e. The van der Waals surface area contributed by atoms with Crippen LogP contribution >= 0.6 is 0 Å². The largest absolute Gasteiger partial charge is 0.455 e. The van der Waals surface area contributed by atoms with E-state index in [2.05, 4.69) is 248 Å². The molecular formula is C62H41NO. The average molecular weight is 816 g/mol. The molecule has 0 spiro atoms. The molecule has 0 N–H and O–H groups in total. The standard InChI is InChI=1S/C62H41NO/c1-2-16-45(17-3-1)53-39-40-59(61-58-26-12-13-28-60(58)64-62(53)61)63(49-35-31-43(32-36-49)48-30-29-42-15-4-5-19-47(42)41-48)50-37-33-46(34-38-50)52-22-8-9-23-54(52)56-24-10-11-25-57(56)55-27-14-20-44-18-6-7-21-51(44)55/h1-41H. The van der Waals surface area contributed by atoms with E-state index in [1.54, 1.807) is 0 Å². The van der Waals surface area contributed by atoms with Gasteiger partial charge in [0.25, 0.3) is 0 Å². The Morgan fingerprint density at radius 2 is 0.797 bits per heavy atom. The second-order valence-corrected chi connectivity index (χ2v) is 16.4. The molecule has 2 heteroatoms. The number of nitrogens with zero attached hydrogens (tertiary/aromatic N) is 1. The van der Waals surface area contributed by atoms with Gasteiger partial charge in [-0.15, -0.1) is 0 Å². The third kappa shape index (κ3) is 6.52. The molecule has 0 bridgehead atoms. The molecule has 300 valence electrons. The molecule has 1 heterocycles. The third-order valence-electron chi connectivity index (χ3n) is 12.7. The van der Waals surface area contributed by atoms with Crippen molar-refractivity contribution < 1.29 is 4.42 Å². The molecule has 0 aliphatic heterocycles. The van der Waals surface area contributed by atoms with Crippen molar-refractivity contribution in [1.29, 1.82) is 0 Å². The molecule has 0 aliphatic rings. The van der Waals surface area contributed by atoms with Gasteiger partial charge in [-0.1, -0.05) is 200 Å². The van der Waals surface area contributed by atoms with E-state index in [9.17, 15) is 0 Å². The van der Waals surface area contributed by atoms with Gasteiger partial charge in [-0.2, -0.15) is 0 Å². The first-order valence-corrected chi connectivity index (χ1v) is 21.9. The predicted molar refractivity (Wildman–Crippen MR) is 271 cm³/mol. The number of furan rings is 1. The first-order chi connectivity index (χ1) is 31.7. The lowest BCUT2D eigenvalue weighted by Gasteiger charge is -2.27. The molecule has 11 aromatic carbocycles. The number of hydrogen-bond acceptors (Lipinski definition) is 2. The Balaban J connectivity index is 1.01. The van der Waals surface area contributed by atoms with Gasteiger partial charge < -0.3 is 9.32 Å². The van der Waals surface area contributed by atoms with Crippen molar-refractivity contribution in [3.05, 3.63) is 249 Å². The number of rotatable bonds is 8. The topological polar surface area (TPSA) is 16.4 Å². The second kappa shape index (κ2) is 15.8. The Bertz CT molecular complexity index is 3650. The van der Waals surface area contributed by atoms with E-state index in [1.807, 2.05) is 6.07 Å². The van der Waals surface area contributed by atoms with Crippen LogP contribution in [0.4, 0.5) is 17.1 Å². The van der Waals surface area contributed by atoms with Crippen molar-refractivity contribution in [2.24, 2.45) is 0 Å². The maximum absolute atomic E-state index is 6.78. The van der Waals surface area contributed by atoms with Gasteiger partial charge in [0.2, 0.25) is 0 Å². The van der Waals surface area contributed by atoms with Gasteiger partial charge in [0, 0.05) is 22.3 Å². The van der Waals surface area contributed by atoms with E-state index in [1.165, 1.54) is 60.5 Å². The van der Waals surface area contributed by atoms with Gasteiger partial charge in [-0.25, -0.2) is 0 Å². The van der Waals surface area contributed by atoms with Crippen LogP contribution in [0.15, 0.2) is 253 Å². The molecule has 12 rings (SSSR count). The third-order valence-corrected chi connectivity index (χ3v) is 12.7. The summed E-state index contributed by atoms with van der Waals surface area (Å²) in [5.74, 6) is 0. The Labute approximate surface area is 372 Å². The SMILES string of the molecule is c1ccc(-c2ccc(N(c3ccc(-c4ccc5ccccc5c4)cc3)c3ccc(-c4ccccc4-c4ccccc4-c4cccc5ccccc45)cc3)c3c2oc2ccccc23)cc1. The lowest BCUT2D eigenvalue weighted by molar-refractivity contribution is 0.670. The van der Waals surface area contributed by atoms with E-state index in [4.69, 9.17) is 4.42 Å². The van der Waals surface area contributed by atoms with Crippen LogP contribution in [0.3, 0.4) is 0 Å². The van der Waals surface area contributed by atoms with Gasteiger partial charge in [0.15, 0.2) is 0 Å². The van der Waals surface area contributed by atoms with Crippen LogP contribution in [-0.4, -0.2) is 0 Å². The number of hydrogen-bond donors (Lipinski definition) is 0. The number of benzene rings is 11. The Morgan fingerprint density at radius 3 is 1.55 bits per heavy atom. The fraction of sp³-hybridized carbons (Fsp3) is 0. The molecule has 0 radical (unpaired) electrons. The summed E-state index contributed by atoms with van der Waals surface area (Å²) in [6, 6.07) is 89.6. The molecule has 2 nitrogen and oxygen atoms in total. The summed E-state index contributed by atoms with van der Waals surface area (Å²) < 4.78 is 6.78. The minimum Gasteiger partial charge on any atom is -0.455 e. The highest BCUT2D eigenvalue weighted by Crippen LogP contribution is 2.47. The molecule has 0 fully saturated rings. The minimum absolute atomic E-state index is 0.865. The highest BCUT2D eigenvalue weighted by Gasteiger charge is 2.23. The zero-order valence-electron chi connectivity index (χ0n) is 35.0. The molecule has 1 aromatic heterocycles. The Kier molecular flexibility index (Phi) is 9.20. The highest BCUT2D eigenvalue weighted by molar-refractivity contribution is 6.17. The Hall–Kier alpha value is -8.46. The molecular weight excluding hydrogens is 775 g/mol. The van der Waals surface area contributed by atoms with Gasteiger partial charge in [-0.05, 0) is 120 Å². The van der Waals surface area contributed by atoms with Crippen molar-refractivity contribution in [1.82, 2.24) is 0 Å². The highest BCUT2D eigenvalue weighted by atomic mass is 16.3. The van der Waals surface area contributed by atoms with Gasteiger partial charge >= 0.3 is 0 Å². The summed E-state index contributed by atoms with van der Waals surface area (Å²) in [5.41, 5.74) is 16.6. The summed E-state index contributed by atoms with van der Waals surface area (Å²) in [5, 5.41) is 7.12. The predicted octanol–water partition coefficient (Wildman–Crippen LogP) is 17.7. The summed E-state index contributed by atoms with van der Waals surface area (Å²) in [7, 11) is 0. The van der Waals surface area contributed by atoms with Crippen LogP contribution < -0.4 is 4.90 Å². The lowest BCUT2D eigenvalue weighted by atomic mass is 9.88. The summed E-state index contributed by atoms with van der Waals surface area (Å²) in [4.78, 5) is 2.38. The van der Waals surface area contributed by atoms with Gasteiger partial charge in [0.05, 0.1) is 11.1 Å². The maximum atomic E-state index is 6.78. The molecule has 0 aliphatic carbocycles.